The van der Waals surface area contributed by atoms with Gasteiger partial charge in [-0.1, -0.05) is 6.07 Å². The van der Waals surface area contributed by atoms with E-state index in [1.54, 1.807) is 6.92 Å². The van der Waals surface area contributed by atoms with Gasteiger partial charge in [0, 0.05) is 6.61 Å². The number of hydrogen-bond acceptors (Lipinski definition) is 3. The lowest BCUT2D eigenvalue weighted by Gasteiger charge is -2.03. The lowest BCUT2D eigenvalue weighted by atomic mass is 10.2. The minimum Gasteiger partial charge on any atom is -0.376 e. The lowest BCUT2D eigenvalue weighted by Crippen LogP contribution is -2.07. The molecule has 1 aromatic rings. The molecule has 86 valence electrons. The number of sulfone groups is 1. The number of hydrogen-bond donors (Lipinski definition) is 0. The van der Waals surface area contributed by atoms with Crippen LogP contribution >= 0.6 is 0 Å². The number of fused-ring (bicyclic) bond motifs is 1. The predicted molar refractivity (Wildman–Crippen MR) is 58.1 cm³/mol. The summed E-state index contributed by atoms with van der Waals surface area (Å²) < 4.78 is 41.9. The Labute approximate surface area is 93.5 Å². The standard InChI is InChI=1S/C11H11FO3S/c1-2-15-7-10-5-8-3-4-9(12)6-11(8)16(10,13)14/h3-6H,2,7H2,1H3. The summed E-state index contributed by atoms with van der Waals surface area (Å²) in [6, 6.07) is 3.75. The second-order valence-electron chi connectivity index (χ2n) is 3.43. The normalized spacial score (nSPS) is 17.0. The van der Waals surface area contributed by atoms with Gasteiger partial charge in [0.05, 0.1) is 16.4 Å². The first-order chi connectivity index (χ1) is 7.55. The quantitative estimate of drug-likeness (QED) is 0.814. The van der Waals surface area contributed by atoms with Crippen LogP contribution in [0.2, 0.25) is 0 Å². The van der Waals surface area contributed by atoms with Gasteiger partial charge in [-0.3, -0.25) is 0 Å². The molecule has 0 radical (unpaired) electrons. The zero-order chi connectivity index (χ0) is 11.8. The highest BCUT2D eigenvalue weighted by Gasteiger charge is 2.29. The summed E-state index contributed by atoms with van der Waals surface area (Å²) in [5, 5.41) is 0. The molecule has 0 amide bonds. The van der Waals surface area contributed by atoms with E-state index in [2.05, 4.69) is 0 Å². The fourth-order valence-corrected chi connectivity index (χ4v) is 3.08. The van der Waals surface area contributed by atoms with Gasteiger partial charge in [-0.05, 0) is 30.7 Å². The minimum atomic E-state index is -3.55. The van der Waals surface area contributed by atoms with Crippen molar-refractivity contribution in [3.63, 3.8) is 0 Å². The van der Waals surface area contributed by atoms with Crippen LogP contribution in [0.1, 0.15) is 12.5 Å². The zero-order valence-electron chi connectivity index (χ0n) is 8.73. The molecule has 1 heterocycles. The van der Waals surface area contributed by atoms with E-state index in [1.165, 1.54) is 18.2 Å². The van der Waals surface area contributed by atoms with Crippen LogP contribution in [0, 0.1) is 5.82 Å². The van der Waals surface area contributed by atoms with Gasteiger partial charge in [0.2, 0.25) is 9.84 Å². The predicted octanol–water partition coefficient (Wildman–Crippen LogP) is 1.99. The number of benzene rings is 1. The van der Waals surface area contributed by atoms with Crippen molar-refractivity contribution in [2.24, 2.45) is 0 Å². The summed E-state index contributed by atoms with van der Waals surface area (Å²) in [5.41, 5.74) is 0.524. The Bertz CT molecular complexity index is 546. The number of rotatable bonds is 3. The van der Waals surface area contributed by atoms with Crippen LogP contribution in [-0.2, 0) is 14.6 Å². The third-order valence-corrected chi connectivity index (χ3v) is 4.23. The second kappa shape index (κ2) is 3.99. The van der Waals surface area contributed by atoms with Gasteiger partial charge >= 0.3 is 0 Å². The van der Waals surface area contributed by atoms with Crippen molar-refractivity contribution in [2.45, 2.75) is 11.8 Å². The SMILES string of the molecule is CCOCC1=Cc2ccc(F)cc2S1(=O)=O. The molecule has 16 heavy (non-hydrogen) atoms. The molecule has 5 heteroatoms. The average molecular weight is 242 g/mol. The summed E-state index contributed by atoms with van der Waals surface area (Å²) in [7, 11) is -3.55. The smallest absolute Gasteiger partial charge is 0.205 e. The largest absolute Gasteiger partial charge is 0.376 e. The molecule has 0 fully saturated rings. The fourth-order valence-electron chi connectivity index (χ4n) is 1.57. The van der Waals surface area contributed by atoms with Gasteiger partial charge in [0.15, 0.2) is 0 Å². The maximum absolute atomic E-state index is 13.0. The molecule has 0 saturated carbocycles. The molecule has 1 aliphatic heterocycles. The molecule has 1 aliphatic rings. The molecule has 0 spiro atoms. The van der Waals surface area contributed by atoms with E-state index in [0.29, 0.717) is 12.2 Å². The molecule has 0 aliphatic carbocycles. The topological polar surface area (TPSA) is 43.4 Å². The minimum absolute atomic E-state index is 0.0298. The Balaban J connectivity index is 2.44. The van der Waals surface area contributed by atoms with Crippen molar-refractivity contribution in [1.29, 1.82) is 0 Å². The molecular weight excluding hydrogens is 231 g/mol. The first-order valence-electron chi connectivity index (χ1n) is 4.88. The Kier molecular flexibility index (Phi) is 2.82. The van der Waals surface area contributed by atoms with Crippen LogP contribution in [0.5, 0.6) is 0 Å². The molecule has 3 nitrogen and oxygen atoms in total. The first kappa shape index (κ1) is 11.3. The van der Waals surface area contributed by atoms with Gasteiger partial charge < -0.3 is 4.74 Å². The summed E-state index contributed by atoms with van der Waals surface area (Å²) >= 11 is 0. The van der Waals surface area contributed by atoms with Crippen molar-refractivity contribution in [2.75, 3.05) is 13.2 Å². The maximum Gasteiger partial charge on any atom is 0.205 e. The molecule has 0 bridgehead atoms. The molecule has 0 saturated heterocycles. The Morgan fingerprint density at radius 2 is 2.12 bits per heavy atom. The van der Waals surface area contributed by atoms with E-state index in [1.807, 2.05) is 0 Å². The third kappa shape index (κ3) is 1.76. The molecular formula is C11H11FO3S. The maximum atomic E-state index is 13.0. The Morgan fingerprint density at radius 3 is 2.81 bits per heavy atom. The van der Waals surface area contributed by atoms with E-state index in [-0.39, 0.29) is 16.4 Å². The molecule has 1 aromatic carbocycles. The molecule has 2 rings (SSSR count). The van der Waals surface area contributed by atoms with Gasteiger partial charge in [-0.15, -0.1) is 0 Å². The van der Waals surface area contributed by atoms with Crippen LogP contribution in [0.25, 0.3) is 6.08 Å². The highest BCUT2D eigenvalue weighted by molar-refractivity contribution is 7.95. The van der Waals surface area contributed by atoms with Crippen LogP contribution in [0.4, 0.5) is 4.39 Å². The fraction of sp³-hybridized carbons (Fsp3) is 0.273. The Hall–Kier alpha value is -1.20. The van der Waals surface area contributed by atoms with Crippen LogP contribution < -0.4 is 0 Å². The summed E-state index contributed by atoms with van der Waals surface area (Å²) in [6.07, 6.45) is 1.53. The molecule has 0 N–H and O–H groups in total. The lowest BCUT2D eigenvalue weighted by molar-refractivity contribution is 0.175. The summed E-state index contributed by atoms with van der Waals surface area (Å²) in [4.78, 5) is 0.220. The van der Waals surface area contributed by atoms with E-state index in [4.69, 9.17) is 4.74 Å². The molecule has 0 unspecified atom stereocenters. The van der Waals surface area contributed by atoms with Crippen molar-refractivity contribution in [3.05, 3.63) is 34.5 Å². The van der Waals surface area contributed by atoms with Crippen molar-refractivity contribution >= 4 is 15.9 Å². The van der Waals surface area contributed by atoms with Crippen LogP contribution in [0.15, 0.2) is 28.0 Å². The summed E-state index contributed by atoms with van der Waals surface area (Å²) in [5.74, 6) is -0.548. The number of halogens is 1. The van der Waals surface area contributed by atoms with Crippen molar-refractivity contribution < 1.29 is 17.5 Å². The van der Waals surface area contributed by atoms with Crippen LogP contribution in [0.3, 0.4) is 0 Å². The summed E-state index contributed by atoms with van der Waals surface area (Å²) in [6.45, 7) is 2.27. The van der Waals surface area contributed by atoms with E-state index in [9.17, 15) is 12.8 Å². The zero-order valence-corrected chi connectivity index (χ0v) is 9.55. The van der Waals surface area contributed by atoms with E-state index in [0.717, 1.165) is 6.07 Å². The van der Waals surface area contributed by atoms with Crippen molar-refractivity contribution in [1.82, 2.24) is 0 Å². The Morgan fingerprint density at radius 1 is 1.38 bits per heavy atom. The monoisotopic (exact) mass is 242 g/mol. The molecule has 0 atom stereocenters. The third-order valence-electron chi connectivity index (χ3n) is 2.38. The van der Waals surface area contributed by atoms with Crippen LogP contribution in [-0.4, -0.2) is 21.6 Å². The highest BCUT2D eigenvalue weighted by Crippen LogP contribution is 2.33. The van der Waals surface area contributed by atoms with Gasteiger partial charge in [0.25, 0.3) is 0 Å². The highest BCUT2D eigenvalue weighted by atomic mass is 32.2. The second-order valence-corrected chi connectivity index (χ2v) is 5.40. The van der Waals surface area contributed by atoms with E-state index < -0.39 is 15.7 Å². The molecule has 0 aromatic heterocycles. The van der Waals surface area contributed by atoms with Gasteiger partial charge in [0.1, 0.15) is 5.82 Å². The van der Waals surface area contributed by atoms with Gasteiger partial charge in [-0.2, -0.15) is 0 Å². The average Bonchev–Trinajstić information content (AvgIpc) is 2.48. The number of ether oxygens (including phenoxy) is 1. The van der Waals surface area contributed by atoms with Gasteiger partial charge in [-0.25, -0.2) is 12.8 Å². The van der Waals surface area contributed by atoms with E-state index >= 15 is 0 Å². The first-order valence-corrected chi connectivity index (χ1v) is 6.37. The van der Waals surface area contributed by atoms with Crippen molar-refractivity contribution in [3.8, 4) is 0 Å².